The Kier molecular flexibility index (Phi) is 2.78. The molecule has 0 radical (unpaired) electrons. The van der Waals surface area contributed by atoms with Crippen molar-refractivity contribution in [3.8, 4) is 11.5 Å². The average Bonchev–Trinajstić information content (AvgIpc) is 1.99. The number of nitrogens with one attached hydrogen (secondary N) is 1. The van der Waals surface area contributed by atoms with Crippen molar-refractivity contribution in [2.24, 2.45) is 0 Å². The highest BCUT2D eigenvalue weighted by atomic mass is 16.3. The molecule has 0 spiro atoms. The van der Waals surface area contributed by atoms with Crippen LogP contribution in [0, 0.1) is 6.92 Å². The Balaban J connectivity index is 3.01. The van der Waals surface area contributed by atoms with Crippen molar-refractivity contribution in [3.63, 3.8) is 0 Å². The van der Waals surface area contributed by atoms with Crippen LogP contribution in [0.1, 0.15) is 11.1 Å². The number of benzene rings is 1. The smallest absolute Gasteiger partial charge is 0.157 e. The zero-order valence-corrected chi connectivity index (χ0v) is 8.26. The SMILES string of the molecule is Cc1cc(O)c(O)cc1C[NH+](C)C. The van der Waals surface area contributed by atoms with E-state index >= 15 is 0 Å². The van der Waals surface area contributed by atoms with Crippen molar-refractivity contribution >= 4 is 0 Å². The summed E-state index contributed by atoms with van der Waals surface area (Å²) in [6.07, 6.45) is 0. The largest absolute Gasteiger partial charge is 0.504 e. The lowest BCUT2D eigenvalue weighted by Crippen LogP contribution is -3.04. The third-order valence-electron chi connectivity index (χ3n) is 1.98. The normalized spacial score (nSPS) is 10.8. The lowest BCUT2D eigenvalue weighted by Gasteiger charge is -2.10. The molecule has 0 heterocycles. The number of hydrogen-bond donors (Lipinski definition) is 3. The molecular weight excluding hydrogens is 166 g/mol. The van der Waals surface area contributed by atoms with Crippen LogP contribution in [0.4, 0.5) is 0 Å². The molecule has 13 heavy (non-hydrogen) atoms. The molecule has 0 unspecified atom stereocenters. The number of aromatic hydroxyl groups is 2. The van der Waals surface area contributed by atoms with Crippen LogP contribution in [0.5, 0.6) is 11.5 Å². The minimum atomic E-state index is -0.0463. The quantitative estimate of drug-likeness (QED) is 0.566. The molecule has 3 nitrogen and oxygen atoms in total. The Hall–Kier alpha value is -1.22. The predicted octanol–water partition coefficient (Wildman–Crippen LogP) is 0.0507. The lowest BCUT2D eigenvalue weighted by atomic mass is 10.1. The second kappa shape index (κ2) is 3.66. The van der Waals surface area contributed by atoms with Crippen LogP contribution in [0.2, 0.25) is 0 Å². The molecule has 0 fully saturated rings. The average molecular weight is 182 g/mol. The molecule has 0 aliphatic heterocycles. The van der Waals surface area contributed by atoms with Crippen LogP contribution in [0.3, 0.4) is 0 Å². The summed E-state index contributed by atoms with van der Waals surface area (Å²) >= 11 is 0. The van der Waals surface area contributed by atoms with Crippen LogP contribution in [-0.4, -0.2) is 24.3 Å². The number of phenols is 2. The highest BCUT2D eigenvalue weighted by Gasteiger charge is 2.07. The van der Waals surface area contributed by atoms with E-state index < -0.39 is 0 Å². The Morgan fingerprint density at radius 1 is 1.15 bits per heavy atom. The van der Waals surface area contributed by atoms with Crippen LogP contribution < -0.4 is 4.90 Å². The van der Waals surface area contributed by atoms with Gasteiger partial charge in [-0.2, -0.15) is 0 Å². The summed E-state index contributed by atoms with van der Waals surface area (Å²) in [6.45, 7) is 2.77. The van der Waals surface area contributed by atoms with Gasteiger partial charge in [0, 0.05) is 5.56 Å². The van der Waals surface area contributed by atoms with Gasteiger partial charge in [0.1, 0.15) is 6.54 Å². The van der Waals surface area contributed by atoms with Gasteiger partial charge in [0.05, 0.1) is 14.1 Å². The number of hydrogen-bond acceptors (Lipinski definition) is 2. The van der Waals surface area contributed by atoms with Gasteiger partial charge in [0.25, 0.3) is 0 Å². The molecule has 0 aliphatic rings. The fourth-order valence-electron chi connectivity index (χ4n) is 1.30. The third kappa shape index (κ3) is 2.36. The van der Waals surface area contributed by atoms with Crippen LogP contribution in [0.25, 0.3) is 0 Å². The molecular formula is C10H16NO2+. The van der Waals surface area contributed by atoms with Gasteiger partial charge in [-0.25, -0.2) is 0 Å². The zero-order valence-electron chi connectivity index (χ0n) is 8.26. The van der Waals surface area contributed by atoms with Gasteiger partial charge in [-0.15, -0.1) is 0 Å². The van der Waals surface area contributed by atoms with Crippen molar-refractivity contribution in [3.05, 3.63) is 23.3 Å². The van der Waals surface area contributed by atoms with E-state index in [1.165, 1.54) is 4.90 Å². The Morgan fingerprint density at radius 3 is 2.23 bits per heavy atom. The molecule has 0 bridgehead atoms. The summed E-state index contributed by atoms with van der Waals surface area (Å²) in [6, 6.07) is 3.21. The van der Waals surface area contributed by atoms with Gasteiger partial charge >= 0.3 is 0 Å². The van der Waals surface area contributed by atoms with Gasteiger partial charge in [0.15, 0.2) is 11.5 Å². The Bertz CT molecular complexity index is 308. The van der Waals surface area contributed by atoms with E-state index in [-0.39, 0.29) is 11.5 Å². The zero-order chi connectivity index (χ0) is 10.0. The first-order valence-electron chi connectivity index (χ1n) is 4.31. The maximum atomic E-state index is 9.28. The van der Waals surface area contributed by atoms with E-state index in [1.54, 1.807) is 12.1 Å². The second-order valence-electron chi connectivity index (χ2n) is 3.65. The molecule has 1 aromatic carbocycles. The molecule has 0 atom stereocenters. The van der Waals surface area contributed by atoms with E-state index in [1.807, 2.05) is 21.0 Å². The maximum Gasteiger partial charge on any atom is 0.157 e. The molecule has 0 amide bonds. The molecule has 3 N–H and O–H groups in total. The maximum absolute atomic E-state index is 9.28. The minimum Gasteiger partial charge on any atom is -0.504 e. The summed E-state index contributed by atoms with van der Waals surface area (Å²) in [4.78, 5) is 1.29. The van der Waals surface area contributed by atoms with Gasteiger partial charge in [-0.3, -0.25) is 0 Å². The molecule has 1 rings (SSSR count). The number of aryl methyl sites for hydroxylation is 1. The first-order valence-corrected chi connectivity index (χ1v) is 4.31. The van der Waals surface area contributed by atoms with Gasteiger partial charge in [0.2, 0.25) is 0 Å². The number of phenolic OH excluding ortho intramolecular Hbond substituents is 2. The third-order valence-corrected chi connectivity index (χ3v) is 1.98. The van der Waals surface area contributed by atoms with Crippen molar-refractivity contribution in [2.45, 2.75) is 13.5 Å². The standard InChI is InChI=1S/C10H15NO2/c1-7-4-9(12)10(13)5-8(7)6-11(2)3/h4-5,12-13H,6H2,1-3H3/p+1. The fourth-order valence-corrected chi connectivity index (χ4v) is 1.30. The topological polar surface area (TPSA) is 44.9 Å². The minimum absolute atomic E-state index is 0.0400. The van der Waals surface area contributed by atoms with E-state index in [0.717, 1.165) is 17.7 Å². The molecule has 72 valence electrons. The number of rotatable bonds is 2. The summed E-state index contributed by atoms with van der Waals surface area (Å²) in [5, 5.41) is 18.5. The van der Waals surface area contributed by atoms with Crippen molar-refractivity contribution in [1.29, 1.82) is 0 Å². The van der Waals surface area contributed by atoms with Gasteiger partial charge in [-0.05, 0) is 24.6 Å². The highest BCUT2D eigenvalue weighted by molar-refractivity contribution is 5.44. The van der Waals surface area contributed by atoms with E-state index in [0.29, 0.717) is 0 Å². The molecule has 1 aromatic rings. The lowest BCUT2D eigenvalue weighted by molar-refractivity contribution is -0.872. The molecule has 3 heteroatoms. The van der Waals surface area contributed by atoms with Gasteiger partial charge in [-0.1, -0.05) is 0 Å². The first-order chi connectivity index (χ1) is 6.00. The molecule has 0 aromatic heterocycles. The van der Waals surface area contributed by atoms with Crippen molar-refractivity contribution in [2.75, 3.05) is 14.1 Å². The summed E-state index contributed by atoms with van der Waals surface area (Å²) < 4.78 is 0. The predicted molar refractivity (Wildman–Crippen MR) is 51.0 cm³/mol. The monoisotopic (exact) mass is 182 g/mol. The summed E-state index contributed by atoms with van der Waals surface area (Å²) in [5.74, 6) is -0.0862. The molecule has 0 saturated carbocycles. The molecule has 0 saturated heterocycles. The summed E-state index contributed by atoms with van der Waals surface area (Å²) in [5.41, 5.74) is 2.08. The van der Waals surface area contributed by atoms with Crippen molar-refractivity contribution < 1.29 is 15.1 Å². The fraction of sp³-hybridized carbons (Fsp3) is 0.400. The van der Waals surface area contributed by atoms with E-state index in [2.05, 4.69) is 0 Å². The number of quaternary nitrogens is 1. The first kappa shape index (κ1) is 9.86. The van der Waals surface area contributed by atoms with Crippen molar-refractivity contribution in [1.82, 2.24) is 0 Å². The van der Waals surface area contributed by atoms with Crippen LogP contribution >= 0.6 is 0 Å². The van der Waals surface area contributed by atoms with E-state index in [9.17, 15) is 10.2 Å². The highest BCUT2D eigenvalue weighted by Crippen LogP contribution is 2.27. The second-order valence-corrected chi connectivity index (χ2v) is 3.65. The van der Waals surface area contributed by atoms with Crippen LogP contribution in [0.15, 0.2) is 12.1 Å². The van der Waals surface area contributed by atoms with E-state index in [4.69, 9.17) is 0 Å². The summed E-state index contributed by atoms with van der Waals surface area (Å²) in [7, 11) is 4.09. The Morgan fingerprint density at radius 2 is 1.69 bits per heavy atom. The molecule has 0 aliphatic carbocycles. The van der Waals surface area contributed by atoms with Gasteiger partial charge < -0.3 is 15.1 Å². The Labute approximate surface area is 78.2 Å². The van der Waals surface area contributed by atoms with Crippen LogP contribution in [-0.2, 0) is 6.54 Å².